The van der Waals surface area contributed by atoms with Crippen LogP contribution >= 0.6 is 0 Å². The maximum atomic E-state index is 12.3. The lowest BCUT2D eigenvalue weighted by Crippen LogP contribution is -2.85. The lowest BCUT2D eigenvalue weighted by molar-refractivity contribution is -0.336. The summed E-state index contributed by atoms with van der Waals surface area (Å²) < 4.78 is 0. The molecule has 0 amide bonds. The molecule has 0 unspecified atom stereocenters. The molecule has 0 radical (unpaired) electrons. The molecule has 5 heteroatoms. The van der Waals surface area contributed by atoms with Gasteiger partial charge in [0, 0.05) is 5.56 Å². The number of Topliss-reactive ketones (excluding diaryl/α,β-unsaturated/α-hetero) is 1. The van der Waals surface area contributed by atoms with Gasteiger partial charge in [-0.05, 0) is 13.0 Å². The van der Waals surface area contributed by atoms with E-state index in [-0.39, 0.29) is 5.78 Å². The van der Waals surface area contributed by atoms with E-state index in [9.17, 15) is 4.79 Å². The quantitative estimate of drug-likeness (QED) is 0.738. The summed E-state index contributed by atoms with van der Waals surface area (Å²) >= 11 is 0. The summed E-state index contributed by atoms with van der Waals surface area (Å²) in [7, 11) is 0. The number of aryl methyl sites for hydroxylation is 1. The van der Waals surface area contributed by atoms with Gasteiger partial charge in [0.15, 0.2) is 5.78 Å². The normalized spacial score (nSPS) is 24.7. The Labute approximate surface area is 113 Å². The fourth-order valence-corrected chi connectivity index (χ4v) is 3.31. The Morgan fingerprint density at radius 2 is 1.84 bits per heavy atom. The largest absolute Gasteiger partial charge is 0.293 e. The minimum atomic E-state index is 0.222. The standard InChI is InChI=1S/C14H18N4O/c1-11-3-2-4-12(5-11)13(19)6-15-7-16-9-18-10-17(8-15)14(16)18/h2-5,14H,6-10H2,1H3. The second-order valence-electron chi connectivity index (χ2n) is 5.80. The smallest absolute Gasteiger partial charge is 0.176 e. The summed E-state index contributed by atoms with van der Waals surface area (Å²) in [5.41, 5.74) is 1.97. The molecule has 3 fully saturated rings. The average molecular weight is 258 g/mol. The lowest BCUT2D eigenvalue weighted by atomic mass is 10.1. The first-order valence-electron chi connectivity index (χ1n) is 6.75. The van der Waals surface area contributed by atoms with Gasteiger partial charge in [-0.2, -0.15) is 0 Å². The van der Waals surface area contributed by atoms with Crippen molar-refractivity contribution in [3.63, 3.8) is 0 Å². The highest BCUT2D eigenvalue weighted by Gasteiger charge is 2.52. The average Bonchev–Trinajstić information content (AvgIpc) is 2.32. The minimum Gasteiger partial charge on any atom is -0.293 e. The first-order chi connectivity index (χ1) is 9.20. The van der Waals surface area contributed by atoms with Crippen LogP contribution in [0.2, 0.25) is 0 Å². The number of rotatable bonds is 3. The monoisotopic (exact) mass is 258 g/mol. The number of carbonyl (C=O) groups is 1. The van der Waals surface area contributed by atoms with Crippen LogP contribution in [0.4, 0.5) is 0 Å². The highest BCUT2D eigenvalue weighted by Crippen LogP contribution is 2.34. The summed E-state index contributed by atoms with van der Waals surface area (Å²) in [5, 5.41) is 0. The molecule has 0 spiro atoms. The van der Waals surface area contributed by atoms with E-state index in [1.807, 2.05) is 31.2 Å². The van der Waals surface area contributed by atoms with E-state index in [1.54, 1.807) is 0 Å². The molecule has 0 bridgehead atoms. The molecule has 3 aliphatic rings. The van der Waals surface area contributed by atoms with Crippen LogP contribution in [-0.2, 0) is 0 Å². The lowest BCUT2D eigenvalue weighted by Gasteiger charge is -2.68. The third kappa shape index (κ3) is 1.81. The Balaban J connectivity index is 1.42. The zero-order valence-corrected chi connectivity index (χ0v) is 11.1. The molecule has 3 heterocycles. The molecule has 0 aromatic heterocycles. The van der Waals surface area contributed by atoms with E-state index in [1.165, 1.54) is 0 Å². The summed E-state index contributed by atoms with van der Waals surface area (Å²) in [5.74, 6) is 0.222. The van der Waals surface area contributed by atoms with Crippen molar-refractivity contribution in [3.05, 3.63) is 35.4 Å². The van der Waals surface area contributed by atoms with Gasteiger partial charge in [0.1, 0.15) is 6.29 Å². The Morgan fingerprint density at radius 3 is 2.47 bits per heavy atom. The topological polar surface area (TPSA) is 30.0 Å². The molecule has 1 aromatic carbocycles. The number of ketones is 1. The number of benzene rings is 1. The van der Waals surface area contributed by atoms with Crippen molar-refractivity contribution in [2.24, 2.45) is 0 Å². The first kappa shape index (κ1) is 11.5. The predicted molar refractivity (Wildman–Crippen MR) is 71.0 cm³/mol. The van der Waals surface area contributed by atoms with Crippen molar-refractivity contribution >= 4 is 5.78 Å². The molecule has 0 N–H and O–H groups in total. The van der Waals surface area contributed by atoms with Gasteiger partial charge in [-0.15, -0.1) is 0 Å². The number of carbonyl (C=O) groups excluding carboxylic acids is 1. The molecular formula is C14H18N4O. The van der Waals surface area contributed by atoms with Gasteiger partial charge < -0.3 is 0 Å². The first-order valence-corrected chi connectivity index (χ1v) is 6.75. The van der Waals surface area contributed by atoms with Gasteiger partial charge in [-0.1, -0.05) is 23.8 Å². The highest BCUT2D eigenvalue weighted by molar-refractivity contribution is 5.97. The van der Waals surface area contributed by atoms with Crippen molar-refractivity contribution in [2.75, 3.05) is 33.2 Å². The summed E-state index contributed by atoms with van der Waals surface area (Å²) in [6, 6.07) is 7.87. The van der Waals surface area contributed by atoms with Crippen LogP contribution < -0.4 is 0 Å². The summed E-state index contributed by atoms with van der Waals surface area (Å²) in [4.78, 5) is 21.8. The van der Waals surface area contributed by atoms with E-state index < -0.39 is 0 Å². The number of hydrogen-bond donors (Lipinski definition) is 0. The summed E-state index contributed by atoms with van der Waals surface area (Å²) in [6.45, 7) is 6.47. The van der Waals surface area contributed by atoms with E-state index in [0.717, 1.165) is 37.8 Å². The van der Waals surface area contributed by atoms with Crippen molar-refractivity contribution in [2.45, 2.75) is 13.2 Å². The molecular weight excluding hydrogens is 240 g/mol. The summed E-state index contributed by atoms with van der Waals surface area (Å²) in [6.07, 6.45) is 0.533. The number of nitrogens with zero attached hydrogens (tertiary/aromatic N) is 4. The zero-order valence-electron chi connectivity index (χ0n) is 11.1. The van der Waals surface area contributed by atoms with Crippen molar-refractivity contribution < 1.29 is 4.79 Å². The molecule has 3 saturated heterocycles. The van der Waals surface area contributed by atoms with Crippen LogP contribution in [-0.4, -0.2) is 64.9 Å². The van der Waals surface area contributed by atoms with Gasteiger partial charge in [-0.3, -0.25) is 9.69 Å². The van der Waals surface area contributed by atoms with E-state index >= 15 is 0 Å². The fourth-order valence-electron chi connectivity index (χ4n) is 3.31. The molecule has 4 rings (SSSR count). The van der Waals surface area contributed by atoms with Crippen molar-refractivity contribution in [3.8, 4) is 0 Å². The van der Waals surface area contributed by atoms with Gasteiger partial charge in [-0.25, -0.2) is 14.7 Å². The molecule has 3 aliphatic heterocycles. The van der Waals surface area contributed by atoms with E-state index in [4.69, 9.17) is 0 Å². The molecule has 100 valence electrons. The molecule has 19 heavy (non-hydrogen) atoms. The van der Waals surface area contributed by atoms with Crippen molar-refractivity contribution in [1.82, 2.24) is 19.6 Å². The third-order valence-electron chi connectivity index (χ3n) is 4.18. The molecule has 1 aromatic rings. The Kier molecular flexibility index (Phi) is 2.50. The minimum absolute atomic E-state index is 0.222. The van der Waals surface area contributed by atoms with E-state index in [2.05, 4.69) is 19.6 Å². The Morgan fingerprint density at radius 1 is 1.16 bits per heavy atom. The van der Waals surface area contributed by atoms with Crippen molar-refractivity contribution in [1.29, 1.82) is 0 Å². The van der Waals surface area contributed by atoms with Crippen LogP contribution in [0.15, 0.2) is 24.3 Å². The van der Waals surface area contributed by atoms with Crippen LogP contribution in [0.5, 0.6) is 0 Å². The number of hydrogen-bond acceptors (Lipinski definition) is 5. The van der Waals surface area contributed by atoms with Crippen LogP contribution in [0.25, 0.3) is 0 Å². The van der Waals surface area contributed by atoms with Gasteiger partial charge >= 0.3 is 0 Å². The Bertz CT molecular complexity index is 516. The van der Waals surface area contributed by atoms with Crippen LogP contribution in [0, 0.1) is 6.92 Å². The molecule has 0 atom stereocenters. The van der Waals surface area contributed by atoms with Gasteiger partial charge in [0.2, 0.25) is 0 Å². The second kappa shape index (κ2) is 4.11. The highest BCUT2D eigenvalue weighted by atomic mass is 16.1. The van der Waals surface area contributed by atoms with Gasteiger partial charge in [0.25, 0.3) is 0 Å². The third-order valence-corrected chi connectivity index (χ3v) is 4.18. The van der Waals surface area contributed by atoms with Crippen LogP contribution in [0.3, 0.4) is 0 Å². The molecule has 0 aliphatic carbocycles. The Hall–Kier alpha value is -1.27. The van der Waals surface area contributed by atoms with Crippen LogP contribution in [0.1, 0.15) is 15.9 Å². The second-order valence-corrected chi connectivity index (χ2v) is 5.80. The SMILES string of the molecule is Cc1cccc(C(=O)CN2CN3CN4CN(C2)C34)c1. The molecule has 5 nitrogen and oxygen atoms in total. The zero-order chi connectivity index (χ0) is 13.0. The van der Waals surface area contributed by atoms with E-state index in [0.29, 0.717) is 12.8 Å². The molecule has 0 saturated carbocycles. The fraction of sp³-hybridized carbons (Fsp3) is 0.500. The van der Waals surface area contributed by atoms with Gasteiger partial charge in [0.05, 0.1) is 33.2 Å². The maximum absolute atomic E-state index is 12.3. The predicted octanol–water partition coefficient (Wildman–Crippen LogP) is 0.540. The maximum Gasteiger partial charge on any atom is 0.176 e.